The molecule has 0 unspecified atom stereocenters. The molecule has 0 atom stereocenters. The number of sulfonamides is 1. The van der Waals surface area contributed by atoms with E-state index < -0.39 is 10.0 Å². The average molecular weight is 406 g/mol. The molecule has 28 heavy (non-hydrogen) atoms. The number of anilines is 1. The molecule has 0 bridgehead atoms. The second-order valence-corrected chi connectivity index (χ2v) is 8.83. The van der Waals surface area contributed by atoms with Crippen LogP contribution in [0.25, 0.3) is 0 Å². The zero-order valence-corrected chi connectivity index (χ0v) is 16.7. The Morgan fingerprint density at radius 1 is 1.21 bits per heavy atom. The number of amides is 1. The quantitative estimate of drug-likeness (QED) is 0.743. The van der Waals surface area contributed by atoms with Crippen molar-refractivity contribution >= 4 is 21.6 Å². The lowest BCUT2D eigenvalue weighted by molar-refractivity contribution is -0.121. The molecule has 9 nitrogen and oxygen atoms in total. The maximum absolute atomic E-state index is 13.0. The van der Waals surface area contributed by atoms with Crippen LogP contribution in [0.3, 0.4) is 0 Å². The van der Waals surface area contributed by atoms with E-state index in [2.05, 4.69) is 10.1 Å². The minimum Gasteiger partial charge on any atom is -0.482 e. The molecule has 0 radical (unpaired) electrons. The van der Waals surface area contributed by atoms with Crippen LogP contribution in [-0.2, 0) is 27.8 Å². The number of carbonyl (C=O) groups is 1. The number of carbonyl (C=O) groups excluding carboxylic acids is 1. The van der Waals surface area contributed by atoms with Gasteiger partial charge < -0.3 is 9.26 Å². The minimum atomic E-state index is -3.58. The fraction of sp³-hybridized carbons (Fsp3) is 0.500. The fourth-order valence-corrected chi connectivity index (χ4v) is 5.23. The Morgan fingerprint density at radius 2 is 1.96 bits per heavy atom. The van der Waals surface area contributed by atoms with Crippen molar-refractivity contribution in [3.8, 4) is 5.75 Å². The molecule has 0 saturated carbocycles. The van der Waals surface area contributed by atoms with Crippen molar-refractivity contribution < 1.29 is 22.5 Å². The average Bonchev–Trinajstić information content (AvgIpc) is 3.36. The van der Waals surface area contributed by atoms with E-state index >= 15 is 0 Å². The molecule has 4 rings (SSSR count). The van der Waals surface area contributed by atoms with Gasteiger partial charge in [0.2, 0.25) is 15.9 Å². The van der Waals surface area contributed by atoms with E-state index in [-0.39, 0.29) is 24.0 Å². The SMILES string of the molecule is CCc1nc(CN2C(=O)COc3cc(S(=O)(=O)N4CCCC4)c(C)cc32)no1. The Balaban J connectivity index is 1.69. The number of aromatic nitrogens is 2. The summed E-state index contributed by atoms with van der Waals surface area (Å²) in [6.07, 6.45) is 2.34. The zero-order chi connectivity index (χ0) is 19.9. The molecule has 0 spiro atoms. The number of aryl methyl sites for hydroxylation is 2. The predicted molar refractivity (Wildman–Crippen MR) is 99.5 cm³/mol. The van der Waals surface area contributed by atoms with Gasteiger partial charge in [0.25, 0.3) is 5.91 Å². The molecule has 10 heteroatoms. The van der Waals surface area contributed by atoms with Gasteiger partial charge in [-0.2, -0.15) is 9.29 Å². The van der Waals surface area contributed by atoms with Crippen molar-refractivity contribution in [2.75, 3.05) is 24.6 Å². The van der Waals surface area contributed by atoms with E-state index in [1.165, 1.54) is 15.3 Å². The van der Waals surface area contributed by atoms with Gasteiger partial charge in [-0.15, -0.1) is 0 Å². The fourth-order valence-electron chi connectivity index (χ4n) is 3.49. The lowest BCUT2D eigenvalue weighted by Gasteiger charge is -2.29. The smallest absolute Gasteiger partial charge is 0.265 e. The third-order valence-corrected chi connectivity index (χ3v) is 7.04. The summed E-state index contributed by atoms with van der Waals surface area (Å²) in [5.74, 6) is 1.01. The van der Waals surface area contributed by atoms with Crippen molar-refractivity contribution in [2.24, 2.45) is 0 Å². The third kappa shape index (κ3) is 3.26. The van der Waals surface area contributed by atoms with Crippen LogP contribution in [0.1, 0.15) is 37.0 Å². The summed E-state index contributed by atoms with van der Waals surface area (Å²) in [7, 11) is -3.58. The van der Waals surface area contributed by atoms with Crippen LogP contribution in [0.5, 0.6) is 5.75 Å². The van der Waals surface area contributed by atoms with Crippen molar-refractivity contribution in [3.05, 3.63) is 29.4 Å². The van der Waals surface area contributed by atoms with Gasteiger partial charge in [0.15, 0.2) is 12.4 Å². The Morgan fingerprint density at radius 3 is 2.64 bits per heavy atom. The third-order valence-electron chi connectivity index (χ3n) is 4.99. The highest BCUT2D eigenvalue weighted by molar-refractivity contribution is 7.89. The molecule has 2 aliphatic heterocycles. The number of ether oxygens (including phenoxy) is 1. The van der Waals surface area contributed by atoms with Gasteiger partial charge >= 0.3 is 0 Å². The van der Waals surface area contributed by atoms with Crippen LogP contribution in [0.15, 0.2) is 21.6 Å². The second-order valence-electron chi connectivity index (χ2n) is 6.92. The summed E-state index contributed by atoms with van der Waals surface area (Å²) >= 11 is 0. The summed E-state index contributed by atoms with van der Waals surface area (Å²) in [6, 6.07) is 3.20. The zero-order valence-electron chi connectivity index (χ0n) is 15.8. The van der Waals surface area contributed by atoms with Crippen LogP contribution in [-0.4, -0.2) is 48.5 Å². The van der Waals surface area contributed by atoms with Gasteiger partial charge in [0, 0.05) is 25.6 Å². The first-order valence-corrected chi connectivity index (χ1v) is 10.7. The standard InChI is InChI=1S/C18H22N4O5S/c1-3-17-19-16(20-27-17)10-22-13-8-12(2)15(9-14(13)26-11-18(22)23)28(24,25)21-6-4-5-7-21/h8-9H,3-7,10-11H2,1-2H3. The van der Waals surface area contributed by atoms with E-state index in [1.807, 2.05) is 6.92 Å². The van der Waals surface area contributed by atoms with Gasteiger partial charge in [-0.05, 0) is 31.4 Å². The number of benzene rings is 1. The van der Waals surface area contributed by atoms with Crippen molar-refractivity contribution in [1.82, 2.24) is 14.4 Å². The number of nitrogens with zero attached hydrogens (tertiary/aromatic N) is 4. The van der Waals surface area contributed by atoms with Crippen LogP contribution < -0.4 is 9.64 Å². The lowest BCUT2D eigenvalue weighted by Crippen LogP contribution is -2.39. The summed E-state index contributed by atoms with van der Waals surface area (Å²) in [5.41, 5.74) is 1.08. The maximum atomic E-state index is 13.0. The van der Waals surface area contributed by atoms with Crippen molar-refractivity contribution in [3.63, 3.8) is 0 Å². The van der Waals surface area contributed by atoms with Gasteiger partial charge in [-0.25, -0.2) is 8.42 Å². The van der Waals surface area contributed by atoms with Crippen molar-refractivity contribution in [1.29, 1.82) is 0 Å². The first-order valence-electron chi connectivity index (χ1n) is 9.29. The number of hydrogen-bond acceptors (Lipinski definition) is 7. The Bertz CT molecular complexity index is 1010. The first-order chi connectivity index (χ1) is 13.4. The minimum absolute atomic E-state index is 0.135. The first kappa shape index (κ1) is 18.9. The summed E-state index contributed by atoms with van der Waals surface area (Å²) in [4.78, 5) is 18.4. The molecule has 2 aliphatic rings. The van der Waals surface area contributed by atoms with E-state index in [0.29, 0.717) is 48.2 Å². The molecule has 0 N–H and O–H groups in total. The molecule has 1 aromatic carbocycles. The second kappa shape index (κ2) is 7.17. The lowest BCUT2D eigenvalue weighted by atomic mass is 10.1. The number of fused-ring (bicyclic) bond motifs is 1. The highest BCUT2D eigenvalue weighted by Crippen LogP contribution is 2.38. The van der Waals surface area contributed by atoms with Crippen LogP contribution in [0.4, 0.5) is 5.69 Å². The molecule has 2 aromatic rings. The Hall–Kier alpha value is -2.46. The van der Waals surface area contributed by atoms with Gasteiger partial charge in [-0.1, -0.05) is 12.1 Å². The highest BCUT2D eigenvalue weighted by atomic mass is 32.2. The molecule has 0 aliphatic carbocycles. The van der Waals surface area contributed by atoms with Crippen molar-refractivity contribution in [2.45, 2.75) is 44.6 Å². The molecular weight excluding hydrogens is 384 g/mol. The molecule has 1 saturated heterocycles. The van der Waals surface area contributed by atoms with Gasteiger partial charge in [0.1, 0.15) is 5.75 Å². The van der Waals surface area contributed by atoms with Crippen LogP contribution in [0, 0.1) is 6.92 Å². The van der Waals surface area contributed by atoms with E-state index in [9.17, 15) is 13.2 Å². The van der Waals surface area contributed by atoms with Crippen LogP contribution >= 0.6 is 0 Å². The van der Waals surface area contributed by atoms with E-state index in [0.717, 1.165) is 12.8 Å². The maximum Gasteiger partial charge on any atom is 0.265 e. The summed E-state index contributed by atoms with van der Waals surface area (Å²) in [5, 5.41) is 3.90. The molecule has 1 fully saturated rings. The number of rotatable bonds is 5. The molecule has 1 aromatic heterocycles. The molecule has 1 amide bonds. The largest absolute Gasteiger partial charge is 0.482 e. The predicted octanol–water partition coefficient (Wildman–Crippen LogP) is 1.65. The van der Waals surface area contributed by atoms with Gasteiger partial charge in [0.05, 0.1) is 17.1 Å². The summed E-state index contributed by atoms with van der Waals surface area (Å²) in [6.45, 7) is 4.65. The van der Waals surface area contributed by atoms with E-state index in [1.54, 1.807) is 13.0 Å². The normalized spacial score (nSPS) is 17.6. The Labute approximate surface area is 163 Å². The van der Waals surface area contributed by atoms with Crippen LogP contribution in [0.2, 0.25) is 0 Å². The molecular formula is C18H22N4O5S. The molecule has 150 valence electrons. The molecule has 3 heterocycles. The summed E-state index contributed by atoms with van der Waals surface area (Å²) < 4.78 is 38.1. The van der Waals surface area contributed by atoms with Gasteiger partial charge in [-0.3, -0.25) is 9.69 Å². The highest BCUT2D eigenvalue weighted by Gasteiger charge is 2.33. The monoisotopic (exact) mass is 406 g/mol. The van der Waals surface area contributed by atoms with E-state index in [4.69, 9.17) is 9.26 Å². The number of hydrogen-bond donors (Lipinski definition) is 0. The topological polar surface area (TPSA) is 106 Å². The Kier molecular flexibility index (Phi) is 4.84.